The van der Waals surface area contributed by atoms with Crippen LogP contribution in [0.2, 0.25) is 0 Å². The molecule has 0 aliphatic heterocycles. The number of aromatic amines is 1. The molecule has 16 heavy (non-hydrogen) atoms. The van der Waals surface area contributed by atoms with Crippen LogP contribution in [0.1, 0.15) is 12.5 Å². The molecule has 1 aromatic carbocycles. The Labute approximate surface area is 92.5 Å². The van der Waals surface area contributed by atoms with E-state index >= 15 is 0 Å². The zero-order valence-electron chi connectivity index (χ0n) is 8.99. The van der Waals surface area contributed by atoms with E-state index < -0.39 is 0 Å². The highest BCUT2D eigenvalue weighted by atomic mass is 16.5. The van der Waals surface area contributed by atoms with Crippen LogP contribution in [-0.4, -0.2) is 16.7 Å². The molecule has 0 radical (unpaired) electrons. The molecule has 0 bridgehead atoms. The molecule has 0 aliphatic rings. The average Bonchev–Trinajstić information content (AvgIpc) is 2.29. The number of H-pyrrole nitrogens is 1. The van der Waals surface area contributed by atoms with Gasteiger partial charge < -0.3 is 14.8 Å². The molecule has 2 aromatic rings. The lowest BCUT2D eigenvalue weighted by Gasteiger charge is -2.05. The maximum absolute atomic E-state index is 11.4. The number of aliphatic hydroxyl groups is 1. The Balaban J connectivity index is 2.59. The van der Waals surface area contributed by atoms with E-state index in [9.17, 15) is 4.79 Å². The summed E-state index contributed by atoms with van der Waals surface area (Å²) in [5.74, 6) is 0.755. The number of nitrogens with one attached hydrogen (secondary N) is 1. The van der Waals surface area contributed by atoms with Crippen molar-refractivity contribution in [2.24, 2.45) is 0 Å². The van der Waals surface area contributed by atoms with Crippen molar-refractivity contribution >= 4 is 10.9 Å². The first-order valence-corrected chi connectivity index (χ1v) is 5.14. The van der Waals surface area contributed by atoms with Gasteiger partial charge in [0.2, 0.25) is 0 Å². The molecular weight excluding hydrogens is 206 g/mol. The van der Waals surface area contributed by atoms with Crippen molar-refractivity contribution in [3.05, 3.63) is 40.2 Å². The number of ether oxygens (including phenoxy) is 1. The molecule has 0 fully saturated rings. The van der Waals surface area contributed by atoms with Crippen LogP contribution in [0.15, 0.2) is 29.1 Å². The van der Waals surface area contributed by atoms with E-state index in [-0.39, 0.29) is 12.2 Å². The minimum atomic E-state index is -0.260. The van der Waals surface area contributed by atoms with Gasteiger partial charge in [0.05, 0.1) is 13.2 Å². The van der Waals surface area contributed by atoms with Crippen LogP contribution in [0.4, 0.5) is 0 Å². The van der Waals surface area contributed by atoms with Crippen LogP contribution in [0, 0.1) is 0 Å². The van der Waals surface area contributed by atoms with E-state index in [1.165, 1.54) is 0 Å². The molecule has 4 nitrogen and oxygen atoms in total. The van der Waals surface area contributed by atoms with Crippen LogP contribution >= 0.6 is 0 Å². The Morgan fingerprint density at radius 1 is 1.38 bits per heavy atom. The molecule has 0 atom stereocenters. The normalized spacial score (nSPS) is 10.6. The van der Waals surface area contributed by atoms with Crippen molar-refractivity contribution < 1.29 is 9.84 Å². The SMILES string of the molecule is CCOc1ccc2[nH]c(=O)c(CO)cc2c1. The third kappa shape index (κ3) is 1.92. The summed E-state index contributed by atoms with van der Waals surface area (Å²) in [7, 11) is 0. The Morgan fingerprint density at radius 2 is 2.19 bits per heavy atom. The lowest BCUT2D eigenvalue weighted by Crippen LogP contribution is -2.11. The van der Waals surface area contributed by atoms with E-state index in [2.05, 4.69) is 4.98 Å². The number of pyridine rings is 1. The van der Waals surface area contributed by atoms with E-state index in [0.717, 1.165) is 16.7 Å². The van der Waals surface area contributed by atoms with Crippen molar-refractivity contribution in [1.82, 2.24) is 4.98 Å². The van der Waals surface area contributed by atoms with Gasteiger partial charge in [0.15, 0.2) is 0 Å². The third-order valence-corrected chi connectivity index (χ3v) is 2.37. The predicted octanol–water partition coefficient (Wildman–Crippen LogP) is 1.42. The summed E-state index contributed by atoms with van der Waals surface area (Å²) in [6.45, 7) is 2.25. The molecule has 0 unspecified atom stereocenters. The second-order valence-electron chi connectivity index (χ2n) is 3.46. The molecule has 0 amide bonds. The minimum Gasteiger partial charge on any atom is -0.494 e. The van der Waals surface area contributed by atoms with E-state index in [0.29, 0.717) is 12.2 Å². The summed E-state index contributed by atoms with van der Waals surface area (Å²) in [6, 6.07) is 7.12. The molecule has 2 rings (SSSR count). The topological polar surface area (TPSA) is 62.3 Å². The zero-order valence-corrected chi connectivity index (χ0v) is 8.99. The first-order valence-electron chi connectivity index (χ1n) is 5.14. The number of aromatic nitrogens is 1. The number of hydrogen-bond donors (Lipinski definition) is 2. The van der Waals surface area contributed by atoms with E-state index in [4.69, 9.17) is 9.84 Å². The second-order valence-corrected chi connectivity index (χ2v) is 3.46. The molecular formula is C12H13NO3. The Morgan fingerprint density at radius 3 is 2.88 bits per heavy atom. The first-order chi connectivity index (χ1) is 7.74. The summed E-state index contributed by atoms with van der Waals surface area (Å²) in [5, 5.41) is 9.86. The smallest absolute Gasteiger partial charge is 0.253 e. The van der Waals surface area contributed by atoms with Crippen molar-refractivity contribution in [3.63, 3.8) is 0 Å². The maximum Gasteiger partial charge on any atom is 0.253 e. The van der Waals surface area contributed by atoms with Crippen molar-refractivity contribution in [3.8, 4) is 5.75 Å². The zero-order chi connectivity index (χ0) is 11.5. The number of hydrogen-bond acceptors (Lipinski definition) is 3. The predicted molar refractivity (Wildman–Crippen MR) is 61.7 cm³/mol. The molecule has 0 saturated carbocycles. The number of rotatable bonds is 3. The maximum atomic E-state index is 11.4. The number of aliphatic hydroxyl groups excluding tert-OH is 1. The fourth-order valence-electron chi connectivity index (χ4n) is 1.60. The third-order valence-electron chi connectivity index (χ3n) is 2.37. The summed E-state index contributed by atoms with van der Waals surface area (Å²) < 4.78 is 5.36. The van der Waals surface area contributed by atoms with Gasteiger partial charge in [-0.05, 0) is 31.2 Å². The molecule has 4 heteroatoms. The van der Waals surface area contributed by atoms with Gasteiger partial charge in [0.1, 0.15) is 5.75 Å². The quantitative estimate of drug-likeness (QED) is 0.820. The largest absolute Gasteiger partial charge is 0.494 e. The van der Waals surface area contributed by atoms with Gasteiger partial charge in [0.25, 0.3) is 5.56 Å². The molecule has 84 valence electrons. The van der Waals surface area contributed by atoms with Crippen molar-refractivity contribution in [2.45, 2.75) is 13.5 Å². The van der Waals surface area contributed by atoms with Crippen LogP contribution < -0.4 is 10.3 Å². The van der Waals surface area contributed by atoms with Gasteiger partial charge in [0, 0.05) is 16.5 Å². The summed E-state index contributed by atoms with van der Waals surface area (Å²) in [4.78, 5) is 14.1. The lowest BCUT2D eigenvalue weighted by molar-refractivity contribution is 0.280. The number of fused-ring (bicyclic) bond motifs is 1. The van der Waals surface area contributed by atoms with Gasteiger partial charge in [-0.15, -0.1) is 0 Å². The first kappa shape index (κ1) is 10.7. The van der Waals surface area contributed by atoms with Gasteiger partial charge in [-0.1, -0.05) is 0 Å². The van der Waals surface area contributed by atoms with Crippen molar-refractivity contribution in [1.29, 1.82) is 0 Å². The van der Waals surface area contributed by atoms with Crippen molar-refractivity contribution in [2.75, 3.05) is 6.61 Å². The average molecular weight is 219 g/mol. The summed E-state index contributed by atoms with van der Waals surface area (Å²) >= 11 is 0. The lowest BCUT2D eigenvalue weighted by atomic mass is 10.1. The monoisotopic (exact) mass is 219 g/mol. The van der Waals surface area contributed by atoms with Crippen LogP contribution in [0.5, 0.6) is 5.75 Å². The fourth-order valence-corrected chi connectivity index (χ4v) is 1.60. The molecule has 1 heterocycles. The van der Waals surface area contributed by atoms with Gasteiger partial charge in [-0.2, -0.15) is 0 Å². The molecule has 0 aliphatic carbocycles. The molecule has 1 aromatic heterocycles. The highest BCUT2D eigenvalue weighted by molar-refractivity contribution is 5.80. The molecule has 0 saturated heterocycles. The van der Waals surface area contributed by atoms with Gasteiger partial charge >= 0.3 is 0 Å². The second kappa shape index (κ2) is 4.37. The van der Waals surface area contributed by atoms with Gasteiger partial charge in [-0.3, -0.25) is 4.79 Å². The molecule has 2 N–H and O–H groups in total. The summed E-state index contributed by atoms with van der Waals surface area (Å²) in [5.41, 5.74) is 0.853. The Bertz CT molecular complexity index is 560. The standard InChI is InChI=1S/C12H13NO3/c1-2-16-10-3-4-11-8(6-10)5-9(7-14)12(15)13-11/h3-6,14H,2,7H2,1H3,(H,13,15). The van der Waals surface area contributed by atoms with E-state index in [1.807, 2.05) is 13.0 Å². The minimum absolute atomic E-state index is 0.251. The summed E-state index contributed by atoms with van der Waals surface area (Å²) in [6.07, 6.45) is 0. The van der Waals surface area contributed by atoms with Crippen LogP contribution in [0.25, 0.3) is 10.9 Å². The highest BCUT2D eigenvalue weighted by Crippen LogP contribution is 2.19. The highest BCUT2D eigenvalue weighted by Gasteiger charge is 2.02. The Hall–Kier alpha value is -1.81. The van der Waals surface area contributed by atoms with Crippen LogP contribution in [-0.2, 0) is 6.61 Å². The van der Waals surface area contributed by atoms with E-state index in [1.54, 1.807) is 18.2 Å². The van der Waals surface area contributed by atoms with Crippen LogP contribution in [0.3, 0.4) is 0 Å². The number of benzene rings is 1. The fraction of sp³-hybridized carbons (Fsp3) is 0.250. The van der Waals surface area contributed by atoms with Gasteiger partial charge in [-0.25, -0.2) is 0 Å². The molecule has 0 spiro atoms. The Kier molecular flexibility index (Phi) is 2.92.